The van der Waals surface area contributed by atoms with Crippen molar-refractivity contribution >= 4 is 29.4 Å². The number of aromatic nitrogens is 1. The van der Waals surface area contributed by atoms with Gasteiger partial charge in [0.15, 0.2) is 0 Å². The number of carbonyl (C=O) groups excluding carboxylic acids is 1. The molecule has 27 heavy (non-hydrogen) atoms. The van der Waals surface area contributed by atoms with Crippen molar-refractivity contribution in [1.29, 1.82) is 0 Å². The standard InChI is InChI=1S/C20H17N3O3S/c1-13-18(27-17(22-13)11-14-5-3-2-4-6-14)19(24)23-21-12-15-7-9-16(10-8-15)20(25)26/h2-10,12H,11H2,1H3,(H,23,24)(H,25,26)/b21-12-. The quantitative estimate of drug-likeness (QED) is 0.506. The highest BCUT2D eigenvalue weighted by atomic mass is 32.1. The van der Waals surface area contributed by atoms with E-state index in [-0.39, 0.29) is 11.5 Å². The van der Waals surface area contributed by atoms with E-state index in [2.05, 4.69) is 15.5 Å². The Morgan fingerprint density at radius 1 is 1.15 bits per heavy atom. The van der Waals surface area contributed by atoms with Crippen LogP contribution in [0.1, 0.15) is 41.9 Å². The van der Waals surface area contributed by atoms with Gasteiger partial charge in [0.2, 0.25) is 0 Å². The first kappa shape index (κ1) is 18.5. The van der Waals surface area contributed by atoms with Crippen LogP contribution in [-0.2, 0) is 6.42 Å². The smallest absolute Gasteiger partial charge is 0.335 e. The molecule has 0 aliphatic rings. The van der Waals surface area contributed by atoms with Crippen LogP contribution in [0.3, 0.4) is 0 Å². The van der Waals surface area contributed by atoms with Gasteiger partial charge in [-0.3, -0.25) is 4.79 Å². The lowest BCUT2D eigenvalue weighted by Crippen LogP contribution is -2.17. The summed E-state index contributed by atoms with van der Waals surface area (Å²) in [4.78, 5) is 28.2. The number of aryl methyl sites for hydroxylation is 1. The predicted octanol–water partition coefficient (Wildman–Crippen LogP) is 3.50. The molecule has 0 bridgehead atoms. The summed E-state index contributed by atoms with van der Waals surface area (Å²) < 4.78 is 0. The molecular formula is C20H17N3O3S. The number of rotatable bonds is 6. The summed E-state index contributed by atoms with van der Waals surface area (Å²) in [6.07, 6.45) is 2.14. The molecule has 6 nitrogen and oxygen atoms in total. The third-order valence-electron chi connectivity index (χ3n) is 3.78. The first-order chi connectivity index (χ1) is 13.0. The fraction of sp³-hybridized carbons (Fsp3) is 0.100. The minimum atomic E-state index is -0.987. The number of nitrogens with one attached hydrogen (secondary N) is 1. The molecule has 2 aromatic carbocycles. The summed E-state index contributed by atoms with van der Waals surface area (Å²) in [6, 6.07) is 16.2. The van der Waals surface area contributed by atoms with Crippen molar-refractivity contribution in [2.75, 3.05) is 0 Å². The Balaban J connectivity index is 1.63. The molecule has 2 N–H and O–H groups in total. The van der Waals surface area contributed by atoms with Gasteiger partial charge in [-0.25, -0.2) is 15.2 Å². The number of carboxylic acid groups (broad SMARTS) is 1. The van der Waals surface area contributed by atoms with Crippen LogP contribution in [0.15, 0.2) is 59.7 Å². The van der Waals surface area contributed by atoms with Crippen molar-refractivity contribution in [2.45, 2.75) is 13.3 Å². The lowest BCUT2D eigenvalue weighted by molar-refractivity contribution is 0.0696. The second-order valence-corrected chi connectivity index (χ2v) is 6.89. The Bertz CT molecular complexity index is 979. The minimum absolute atomic E-state index is 0.197. The second kappa shape index (κ2) is 8.37. The van der Waals surface area contributed by atoms with Crippen LogP contribution in [0.4, 0.5) is 0 Å². The molecule has 0 spiro atoms. The molecule has 3 rings (SSSR count). The van der Waals surface area contributed by atoms with E-state index in [1.54, 1.807) is 19.1 Å². The van der Waals surface area contributed by atoms with Crippen LogP contribution in [0.2, 0.25) is 0 Å². The van der Waals surface area contributed by atoms with Crippen LogP contribution in [0.25, 0.3) is 0 Å². The van der Waals surface area contributed by atoms with Crippen LogP contribution in [0.5, 0.6) is 0 Å². The molecule has 0 aliphatic heterocycles. The number of thiazole rings is 1. The zero-order valence-electron chi connectivity index (χ0n) is 14.5. The number of carboxylic acids is 1. The zero-order valence-corrected chi connectivity index (χ0v) is 15.4. The van der Waals surface area contributed by atoms with Gasteiger partial charge in [-0.15, -0.1) is 11.3 Å². The van der Waals surface area contributed by atoms with Gasteiger partial charge in [0.1, 0.15) is 4.88 Å². The van der Waals surface area contributed by atoms with E-state index in [1.165, 1.54) is 29.7 Å². The lowest BCUT2D eigenvalue weighted by Gasteiger charge is -1.98. The van der Waals surface area contributed by atoms with Gasteiger partial charge in [-0.05, 0) is 30.2 Å². The highest BCUT2D eigenvalue weighted by Crippen LogP contribution is 2.20. The topological polar surface area (TPSA) is 91.7 Å². The van der Waals surface area contributed by atoms with E-state index in [1.807, 2.05) is 30.3 Å². The zero-order chi connectivity index (χ0) is 19.2. The summed E-state index contributed by atoms with van der Waals surface area (Å²) in [5.41, 5.74) is 5.18. The summed E-state index contributed by atoms with van der Waals surface area (Å²) in [5, 5.41) is 13.7. The number of hydrogen-bond acceptors (Lipinski definition) is 5. The Morgan fingerprint density at radius 3 is 2.52 bits per heavy atom. The molecule has 0 aliphatic carbocycles. The molecule has 0 radical (unpaired) electrons. The van der Waals surface area contributed by atoms with Crippen molar-refractivity contribution < 1.29 is 14.7 Å². The van der Waals surface area contributed by atoms with Crippen molar-refractivity contribution in [3.8, 4) is 0 Å². The average molecular weight is 379 g/mol. The van der Waals surface area contributed by atoms with Gasteiger partial charge in [-0.1, -0.05) is 42.5 Å². The summed E-state index contributed by atoms with van der Waals surface area (Å²) in [7, 11) is 0. The van der Waals surface area contributed by atoms with E-state index in [4.69, 9.17) is 5.11 Å². The molecule has 0 unspecified atom stereocenters. The van der Waals surface area contributed by atoms with Gasteiger partial charge in [0.25, 0.3) is 5.91 Å². The second-order valence-electron chi connectivity index (χ2n) is 5.81. The van der Waals surface area contributed by atoms with E-state index in [0.717, 1.165) is 10.6 Å². The normalized spacial score (nSPS) is 10.9. The highest BCUT2D eigenvalue weighted by Gasteiger charge is 2.15. The molecule has 1 aromatic heterocycles. The molecule has 136 valence electrons. The summed E-state index contributed by atoms with van der Waals surface area (Å²) >= 11 is 1.35. The number of hydrazone groups is 1. The maximum Gasteiger partial charge on any atom is 0.335 e. The number of benzene rings is 2. The summed E-state index contributed by atoms with van der Waals surface area (Å²) in [5.74, 6) is -1.30. The average Bonchev–Trinajstić information content (AvgIpc) is 3.03. The van der Waals surface area contributed by atoms with Gasteiger partial charge >= 0.3 is 5.97 Å². The summed E-state index contributed by atoms with van der Waals surface area (Å²) in [6.45, 7) is 1.80. The fourth-order valence-corrected chi connectivity index (χ4v) is 3.43. The number of carbonyl (C=O) groups is 2. The van der Waals surface area contributed by atoms with Crippen LogP contribution in [-0.4, -0.2) is 28.2 Å². The predicted molar refractivity (Wildman–Crippen MR) is 105 cm³/mol. The van der Waals surface area contributed by atoms with Gasteiger partial charge in [0, 0.05) is 6.42 Å². The highest BCUT2D eigenvalue weighted by molar-refractivity contribution is 7.13. The Kier molecular flexibility index (Phi) is 5.73. The van der Waals surface area contributed by atoms with Gasteiger partial charge in [-0.2, -0.15) is 5.10 Å². The SMILES string of the molecule is Cc1nc(Cc2ccccc2)sc1C(=O)N/N=C\c1ccc(C(=O)O)cc1. The molecule has 1 amide bonds. The number of amides is 1. The molecular weight excluding hydrogens is 362 g/mol. The molecule has 1 heterocycles. The Morgan fingerprint density at radius 2 is 1.85 bits per heavy atom. The molecule has 0 saturated carbocycles. The third-order valence-corrected chi connectivity index (χ3v) is 4.94. The van der Waals surface area contributed by atoms with Gasteiger partial charge in [0.05, 0.1) is 22.5 Å². The molecule has 7 heteroatoms. The largest absolute Gasteiger partial charge is 0.478 e. The van der Waals surface area contributed by atoms with Crippen LogP contribution < -0.4 is 5.43 Å². The van der Waals surface area contributed by atoms with Crippen molar-refractivity contribution in [2.24, 2.45) is 5.10 Å². The van der Waals surface area contributed by atoms with Crippen molar-refractivity contribution in [3.63, 3.8) is 0 Å². The van der Waals surface area contributed by atoms with Crippen LogP contribution in [0, 0.1) is 6.92 Å². The first-order valence-electron chi connectivity index (χ1n) is 8.20. The van der Waals surface area contributed by atoms with E-state index >= 15 is 0 Å². The minimum Gasteiger partial charge on any atom is -0.478 e. The maximum atomic E-state index is 12.3. The van der Waals surface area contributed by atoms with E-state index in [0.29, 0.717) is 22.6 Å². The number of hydrogen-bond donors (Lipinski definition) is 2. The molecule has 0 fully saturated rings. The first-order valence-corrected chi connectivity index (χ1v) is 9.01. The molecule has 0 atom stereocenters. The maximum absolute atomic E-state index is 12.3. The monoisotopic (exact) mass is 379 g/mol. The van der Waals surface area contributed by atoms with Gasteiger partial charge < -0.3 is 5.11 Å². The number of aromatic carboxylic acids is 1. The molecule has 3 aromatic rings. The van der Waals surface area contributed by atoms with Crippen molar-refractivity contribution in [3.05, 3.63) is 86.9 Å². The number of nitrogens with zero attached hydrogens (tertiary/aromatic N) is 2. The van der Waals surface area contributed by atoms with E-state index in [9.17, 15) is 9.59 Å². The molecule has 0 saturated heterocycles. The fourth-order valence-electron chi connectivity index (χ4n) is 2.44. The van der Waals surface area contributed by atoms with Crippen molar-refractivity contribution in [1.82, 2.24) is 10.4 Å². The Labute approximate surface area is 160 Å². The lowest BCUT2D eigenvalue weighted by atomic mass is 10.1. The third kappa shape index (κ3) is 4.86. The Hall–Kier alpha value is -3.32. The van der Waals surface area contributed by atoms with Crippen LogP contribution >= 0.6 is 11.3 Å². The van der Waals surface area contributed by atoms with E-state index < -0.39 is 5.97 Å².